The van der Waals surface area contributed by atoms with Gasteiger partial charge in [-0.15, -0.1) is 13.2 Å². The third kappa shape index (κ3) is 4.36. The molecule has 0 aromatic heterocycles. The van der Waals surface area contributed by atoms with Gasteiger partial charge in [0.15, 0.2) is 0 Å². The van der Waals surface area contributed by atoms with Crippen LogP contribution in [0.25, 0.3) is 0 Å². The molecule has 0 spiro atoms. The summed E-state index contributed by atoms with van der Waals surface area (Å²) in [6, 6.07) is 27.6. The minimum absolute atomic E-state index is 0.0210. The van der Waals surface area contributed by atoms with Gasteiger partial charge < -0.3 is 15.4 Å². The first-order valence-corrected chi connectivity index (χ1v) is 12.9. The molecule has 1 heterocycles. The van der Waals surface area contributed by atoms with E-state index in [0.717, 1.165) is 24.9 Å². The van der Waals surface area contributed by atoms with Gasteiger partial charge in [0, 0.05) is 23.7 Å². The average Bonchev–Trinajstić information content (AvgIpc) is 3.60. The number of fused-ring (bicyclic) bond motifs is 2. The van der Waals surface area contributed by atoms with Gasteiger partial charge in [-0.05, 0) is 72.4 Å². The Morgan fingerprint density at radius 2 is 1.42 bits per heavy atom. The molecule has 0 amide bonds. The van der Waals surface area contributed by atoms with E-state index in [2.05, 4.69) is 58.2 Å². The highest BCUT2D eigenvalue weighted by molar-refractivity contribution is 5.54. The third-order valence-corrected chi connectivity index (χ3v) is 8.60. The molecule has 3 aliphatic rings. The number of ether oxygens (including phenoxy) is 1. The van der Waals surface area contributed by atoms with Gasteiger partial charge in [-0.2, -0.15) is 0 Å². The maximum Gasteiger partial charge on any atom is 0.573 e. The molecule has 6 rings (SSSR count). The quantitative estimate of drug-likeness (QED) is 0.429. The molecular formula is C30H31F3N2O. The van der Waals surface area contributed by atoms with Crippen molar-refractivity contribution in [2.24, 2.45) is 23.5 Å². The molecule has 2 saturated carbocycles. The van der Waals surface area contributed by atoms with Crippen molar-refractivity contribution >= 4 is 5.69 Å². The summed E-state index contributed by atoms with van der Waals surface area (Å²) in [4.78, 5) is 2.46. The van der Waals surface area contributed by atoms with Gasteiger partial charge in [-0.25, -0.2) is 0 Å². The maximum absolute atomic E-state index is 12.8. The number of nitrogens with zero attached hydrogens (tertiary/aromatic N) is 1. The van der Waals surface area contributed by atoms with Crippen LogP contribution in [-0.4, -0.2) is 24.5 Å². The summed E-state index contributed by atoms with van der Waals surface area (Å²) in [5.41, 5.74) is 10.5. The summed E-state index contributed by atoms with van der Waals surface area (Å²) in [6.07, 6.45) is -0.163. The van der Waals surface area contributed by atoms with Crippen LogP contribution in [0.1, 0.15) is 42.7 Å². The zero-order valence-electron chi connectivity index (χ0n) is 20.0. The first kappa shape index (κ1) is 23.4. The number of anilines is 1. The first-order valence-electron chi connectivity index (χ1n) is 12.9. The zero-order valence-corrected chi connectivity index (χ0v) is 20.0. The van der Waals surface area contributed by atoms with E-state index in [4.69, 9.17) is 5.73 Å². The summed E-state index contributed by atoms with van der Waals surface area (Å²) in [5.74, 6) is 1.66. The summed E-state index contributed by atoms with van der Waals surface area (Å²) >= 11 is 0. The minimum atomic E-state index is -4.71. The predicted octanol–water partition coefficient (Wildman–Crippen LogP) is 6.74. The molecule has 2 aliphatic carbocycles. The number of alkyl halides is 3. The van der Waals surface area contributed by atoms with E-state index in [1.165, 1.54) is 29.7 Å². The van der Waals surface area contributed by atoms with Crippen molar-refractivity contribution in [3.05, 3.63) is 96.1 Å². The summed E-state index contributed by atoms with van der Waals surface area (Å²) in [5, 5.41) is 0. The number of rotatable bonds is 5. The van der Waals surface area contributed by atoms with Crippen molar-refractivity contribution in [3.63, 3.8) is 0 Å². The lowest BCUT2D eigenvalue weighted by atomic mass is 9.79. The highest BCUT2D eigenvalue weighted by atomic mass is 19.4. The van der Waals surface area contributed by atoms with Crippen molar-refractivity contribution in [3.8, 4) is 5.75 Å². The smallest absolute Gasteiger partial charge is 0.406 e. The second-order valence-electron chi connectivity index (χ2n) is 10.5. The second kappa shape index (κ2) is 9.15. The van der Waals surface area contributed by atoms with E-state index >= 15 is 0 Å². The zero-order chi connectivity index (χ0) is 24.9. The number of nitrogens with two attached hydrogens (primary N) is 1. The molecule has 3 fully saturated rings. The standard InChI is InChI=1S/C30H31F3N2O/c31-30(32,33)36-23-16-14-21(15-17-23)35-22-12-7-13-24-25(18-22)27(24)28(34)29(35)26(19-8-3-1-4-9-19)20-10-5-2-6-11-20/h1-6,8-11,14-17,22,24-29H,7,12-13,18,34H2. The van der Waals surface area contributed by atoms with Crippen LogP contribution in [0.5, 0.6) is 5.75 Å². The summed E-state index contributed by atoms with van der Waals surface area (Å²) in [6.45, 7) is 0. The lowest BCUT2D eigenvalue weighted by Gasteiger charge is -2.45. The molecule has 3 aromatic carbocycles. The van der Waals surface area contributed by atoms with Gasteiger partial charge in [-0.1, -0.05) is 67.1 Å². The Labute approximate surface area is 210 Å². The highest BCUT2D eigenvalue weighted by Gasteiger charge is 2.60. The summed E-state index contributed by atoms with van der Waals surface area (Å²) in [7, 11) is 0. The van der Waals surface area contributed by atoms with Gasteiger partial charge in [-0.3, -0.25) is 0 Å². The minimum Gasteiger partial charge on any atom is -0.406 e. The molecule has 2 bridgehead atoms. The number of hydrogen-bond donors (Lipinski definition) is 1. The largest absolute Gasteiger partial charge is 0.573 e. The van der Waals surface area contributed by atoms with Crippen LogP contribution in [0.2, 0.25) is 0 Å². The SMILES string of the molecule is NC1C2C3CCCC(CC32)N(c2ccc(OC(F)(F)F)cc2)C1C(c1ccccc1)c1ccccc1. The molecule has 6 atom stereocenters. The molecule has 36 heavy (non-hydrogen) atoms. The van der Waals surface area contributed by atoms with Gasteiger partial charge in [0.1, 0.15) is 5.75 Å². The predicted molar refractivity (Wildman–Crippen MR) is 135 cm³/mol. The fourth-order valence-corrected chi connectivity index (χ4v) is 7.21. The van der Waals surface area contributed by atoms with Crippen LogP contribution in [0.3, 0.4) is 0 Å². The van der Waals surface area contributed by atoms with E-state index < -0.39 is 6.36 Å². The Morgan fingerprint density at radius 1 is 0.806 bits per heavy atom. The lowest BCUT2D eigenvalue weighted by Crippen LogP contribution is -2.55. The average molecular weight is 493 g/mol. The molecule has 188 valence electrons. The van der Waals surface area contributed by atoms with E-state index in [1.54, 1.807) is 12.1 Å². The second-order valence-corrected chi connectivity index (χ2v) is 10.5. The molecule has 1 aliphatic heterocycles. The summed E-state index contributed by atoms with van der Waals surface area (Å²) < 4.78 is 42.6. The first-order chi connectivity index (χ1) is 17.4. The Kier molecular flexibility index (Phi) is 5.95. The molecule has 2 N–H and O–H groups in total. The number of benzene rings is 3. The Morgan fingerprint density at radius 3 is 2.00 bits per heavy atom. The van der Waals surface area contributed by atoms with Crippen LogP contribution >= 0.6 is 0 Å². The van der Waals surface area contributed by atoms with Crippen LogP contribution < -0.4 is 15.4 Å². The highest BCUT2D eigenvalue weighted by Crippen LogP contribution is 2.60. The fourth-order valence-electron chi connectivity index (χ4n) is 7.21. The number of hydrogen-bond acceptors (Lipinski definition) is 3. The van der Waals surface area contributed by atoms with E-state index in [0.29, 0.717) is 23.8 Å². The lowest BCUT2D eigenvalue weighted by molar-refractivity contribution is -0.274. The maximum atomic E-state index is 12.8. The van der Waals surface area contributed by atoms with E-state index in [-0.39, 0.29) is 23.8 Å². The normalized spacial score (nSPS) is 29.4. The molecule has 0 radical (unpaired) electrons. The molecule has 3 aromatic rings. The van der Waals surface area contributed by atoms with Gasteiger partial charge in [0.25, 0.3) is 0 Å². The van der Waals surface area contributed by atoms with Crippen LogP contribution in [-0.2, 0) is 0 Å². The molecule has 3 nitrogen and oxygen atoms in total. The third-order valence-electron chi connectivity index (χ3n) is 8.60. The Hall–Kier alpha value is -2.99. The van der Waals surface area contributed by atoms with Gasteiger partial charge >= 0.3 is 6.36 Å². The topological polar surface area (TPSA) is 38.5 Å². The van der Waals surface area contributed by atoms with E-state index in [9.17, 15) is 13.2 Å². The van der Waals surface area contributed by atoms with Crippen LogP contribution in [0, 0.1) is 17.8 Å². The number of halogens is 3. The molecular weight excluding hydrogens is 461 g/mol. The van der Waals surface area contributed by atoms with Crippen LogP contribution in [0.4, 0.5) is 18.9 Å². The Bertz CT molecular complexity index is 1130. The van der Waals surface area contributed by atoms with Crippen molar-refractivity contribution in [2.75, 3.05) is 4.90 Å². The molecule has 6 unspecified atom stereocenters. The van der Waals surface area contributed by atoms with Crippen molar-refractivity contribution in [2.45, 2.75) is 56.1 Å². The molecule has 1 saturated heterocycles. The Balaban J connectivity index is 1.47. The van der Waals surface area contributed by atoms with Crippen LogP contribution in [0.15, 0.2) is 84.9 Å². The van der Waals surface area contributed by atoms with E-state index in [1.807, 2.05) is 12.1 Å². The van der Waals surface area contributed by atoms with Crippen molar-refractivity contribution in [1.82, 2.24) is 0 Å². The van der Waals surface area contributed by atoms with Gasteiger partial charge in [0.05, 0.1) is 6.04 Å². The molecule has 6 heteroatoms. The van der Waals surface area contributed by atoms with Gasteiger partial charge in [0.2, 0.25) is 0 Å². The van der Waals surface area contributed by atoms with Crippen molar-refractivity contribution < 1.29 is 17.9 Å². The van der Waals surface area contributed by atoms with Crippen molar-refractivity contribution in [1.29, 1.82) is 0 Å². The monoisotopic (exact) mass is 492 g/mol. The fraction of sp³-hybridized carbons (Fsp3) is 0.400.